The van der Waals surface area contributed by atoms with Crippen LogP contribution in [0.2, 0.25) is 0 Å². The van der Waals surface area contributed by atoms with Crippen LogP contribution in [0.25, 0.3) is 0 Å². The van der Waals surface area contributed by atoms with E-state index in [1.165, 1.54) is 12.1 Å². The Kier molecular flexibility index (Phi) is 5.47. The van der Waals surface area contributed by atoms with Crippen LogP contribution >= 0.6 is 0 Å². The average molecular weight is 468 g/mol. The predicted octanol–water partition coefficient (Wildman–Crippen LogP) is 6.05. The smallest absolute Gasteiger partial charge is 0.269 e. The van der Waals surface area contributed by atoms with E-state index in [1.54, 1.807) is 36.4 Å². The first-order valence-corrected chi connectivity index (χ1v) is 11.5. The van der Waals surface area contributed by atoms with Gasteiger partial charge in [-0.2, -0.15) is 0 Å². The van der Waals surface area contributed by atoms with Gasteiger partial charge in [0.2, 0.25) is 0 Å². The van der Waals surface area contributed by atoms with Gasteiger partial charge >= 0.3 is 0 Å². The second-order valence-corrected chi connectivity index (χ2v) is 9.84. The number of allylic oxidation sites excluding steroid dienone is 1. The van der Waals surface area contributed by atoms with Crippen LogP contribution in [-0.2, 0) is 4.79 Å². The van der Waals surface area contributed by atoms with Crippen LogP contribution in [0.4, 0.5) is 17.1 Å². The summed E-state index contributed by atoms with van der Waals surface area (Å²) in [5, 5.41) is 18.3. The third-order valence-corrected chi connectivity index (χ3v) is 6.53. The fourth-order valence-corrected chi connectivity index (χ4v) is 4.91. The molecule has 2 N–H and O–H groups in total. The van der Waals surface area contributed by atoms with Crippen molar-refractivity contribution < 1.29 is 14.5 Å². The Morgan fingerprint density at radius 1 is 0.943 bits per heavy atom. The Morgan fingerprint density at radius 3 is 2.46 bits per heavy atom. The summed E-state index contributed by atoms with van der Waals surface area (Å²) in [4.78, 5) is 37.4. The van der Waals surface area contributed by atoms with E-state index in [2.05, 4.69) is 10.6 Å². The molecule has 0 saturated carbocycles. The molecule has 0 spiro atoms. The molecule has 0 fully saturated rings. The summed E-state index contributed by atoms with van der Waals surface area (Å²) in [6.07, 6.45) is 1.02. The molecule has 7 nitrogen and oxygen atoms in total. The Morgan fingerprint density at radius 2 is 1.71 bits per heavy atom. The number of rotatable bonds is 4. The molecule has 5 rings (SSSR count). The van der Waals surface area contributed by atoms with E-state index in [9.17, 15) is 19.7 Å². The highest BCUT2D eigenvalue weighted by Gasteiger charge is 2.39. The highest BCUT2D eigenvalue weighted by Crippen LogP contribution is 2.46. The van der Waals surface area contributed by atoms with Crippen molar-refractivity contribution in [1.29, 1.82) is 0 Å². The zero-order valence-electron chi connectivity index (χ0n) is 19.5. The second kappa shape index (κ2) is 8.51. The maximum atomic E-state index is 13.4. The number of non-ortho nitro benzene ring substituents is 1. The minimum atomic E-state index is -0.557. The van der Waals surface area contributed by atoms with Crippen molar-refractivity contribution in [3.05, 3.63) is 111 Å². The summed E-state index contributed by atoms with van der Waals surface area (Å²) in [6, 6.07) is 20.3. The molecular formula is C28H25N3O4. The lowest BCUT2D eigenvalue weighted by molar-refractivity contribution is -0.384. The zero-order chi connectivity index (χ0) is 24.7. The molecule has 0 amide bonds. The van der Waals surface area contributed by atoms with E-state index in [0.717, 1.165) is 5.70 Å². The molecule has 0 saturated heterocycles. The molecular weight excluding hydrogens is 442 g/mol. The van der Waals surface area contributed by atoms with Gasteiger partial charge in [-0.3, -0.25) is 19.7 Å². The van der Waals surface area contributed by atoms with Crippen LogP contribution in [0.1, 0.15) is 54.2 Å². The number of nitro benzene ring substituents is 1. The number of nitrogens with zero attached hydrogens (tertiary/aromatic N) is 1. The normalized spacial score (nSPS) is 18.5. The van der Waals surface area contributed by atoms with Crippen LogP contribution in [0.15, 0.2) is 84.1 Å². The van der Waals surface area contributed by atoms with Crippen molar-refractivity contribution in [3.63, 3.8) is 0 Å². The summed E-state index contributed by atoms with van der Waals surface area (Å²) in [5.41, 5.74) is 4.26. The molecule has 35 heavy (non-hydrogen) atoms. The number of Topliss-reactive ketones (excluding diaryl/α,β-unsaturated/α-hetero) is 1. The van der Waals surface area contributed by atoms with E-state index >= 15 is 0 Å². The Balaban J connectivity index is 1.62. The van der Waals surface area contributed by atoms with Crippen LogP contribution in [0, 0.1) is 15.5 Å². The largest absolute Gasteiger partial charge is 0.372 e. The highest BCUT2D eigenvalue weighted by molar-refractivity contribution is 6.10. The Hall–Kier alpha value is -4.26. The van der Waals surface area contributed by atoms with Gasteiger partial charge in [-0.05, 0) is 35.6 Å². The molecule has 3 aromatic rings. The highest BCUT2D eigenvalue weighted by atomic mass is 16.6. The number of benzene rings is 3. The van der Waals surface area contributed by atoms with Crippen LogP contribution in [-0.4, -0.2) is 16.5 Å². The van der Waals surface area contributed by atoms with Crippen molar-refractivity contribution in [3.8, 4) is 0 Å². The summed E-state index contributed by atoms with van der Waals surface area (Å²) in [7, 11) is 0. The maximum Gasteiger partial charge on any atom is 0.269 e. The average Bonchev–Trinajstić information content (AvgIpc) is 2.99. The number of anilines is 2. The third-order valence-electron chi connectivity index (χ3n) is 6.53. The summed E-state index contributed by atoms with van der Waals surface area (Å²) < 4.78 is 0. The van der Waals surface area contributed by atoms with Gasteiger partial charge < -0.3 is 10.6 Å². The molecule has 1 atom stereocenters. The van der Waals surface area contributed by atoms with Gasteiger partial charge in [0.1, 0.15) is 0 Å². The first-order valence-electron chi connectivity index (χ1n) is 11.5. The number of nitrogens with one attached hydrogen (secondary N) is 2. The summed E-state index contributed by atoms with van der Waals surface area (Å²) >= 11 is 0. The molecule has 0 aromatic heterocycles. The SMILES string of the molecule is CC1(C)CC(=O)C2=C(C1)Nc1cc(C(=O)c3ccccc3)ccc1NC2c1cccc([N+](=O)[O-])c1. The lowest BCUT2D eigenvalue weighted by atomic mass is 9.73. The fourth-order valence-electron chi connectivity index (χ4n) is 4.91. The molecule has 0 radical (unpaired) electrons. The zero-order valence-corrected chi connectivity index (χ0v) is 19.5. The fraction of sp³-hybridized carbons (Fsp3) is 0.214. The number of ketones is 2. The van der Waals surface area contributed by atoms with E-state index in [4.69, 9.17) is 0 Å². The van der Waals surface area contributed by atoms with Crippen LogP contribution in [0.3, 0.4) is 0 Å². The summed E-state index contributed by atoms with van der Waals surface area (Å²) in [6.45, 7) is 4.10. The molecule has 176 valence electrons. The number of hydrogen-bond acceptors (Lipinski definition) is 6. The number of carbonyl (C=O) groups excluding carboxylic acids is 2. The van der Waals surface area contributed by atoms with Crippen molar-refractivity contribution in [2.75, 3.05) is 10.6 Å². The monoisotopic (exact) mass is 467 g/mol. The van der Waals surface area contributed by atoms with Gasteiger partial charge in [0.05, 0.1) is 22.3 Å². The van der Waals surface area contributed by atoms with Gasteiger partial charge in [0.15, 0.2) is 11.6 Å². The lowest BCUT2D eigenvalue weighted by Crippen LogP contribution is -2.31. The first-order chi connectivity index (χ1) is 16.7. The van der Waals surface area contributed by atoms with E-state index in [1.807, 2.05) is 38.1 Å². The first kappa shape index (κ1) is 22.5. The quantitative estimate of drug-likeness (QED) is 0.275. The predicted molar refractivity (Wildman–Crippen MR) is 134 cm³/mol. The van der Waals surface area contributed by atoms with Crippen molar-refractivity contribution in [2.45, 2.75) is 32.7 Å². The second-order valence-electron chi connectivity index (χ2n) is 9.84. The number of hydrogen-bond donors (Lipinski definition) is 2. The molecule has 1 aliphatic carbocycles. The standard InChI is InChI=1S/C28H25N3O4/c1-28(2)15-23-25(24(32)16-28)26(18-9-6-10-20(13-18)31(34)35)30-21-12-11-19(14-22(21)29-23)27(33)17-7-4-3-5-8-17/h3-14,26,29-30H,15-16H2,1-2H3. The molecule has 3 aromatic carbocycles. The van der Waals surface area contributed by atoms with Gasteiger partial charge in [-0.15, -0.1) is 0 Å². The van der Waals surface area contributed by atoms with Gasteiger partial charge in [-0.1, -0.05) is 56.3 Å². The molecule has 7 heteroatoms. The third kappa shape index (κ3) is 4.33. The number of nitro groups is 1. The van der Waals surface area contributed by atoms with E-state index in [0.29, 0.717) is 46.5 Å². The Bertz CT molecular complexity index is 1390. The number of carbonyl (C=O) groups is 2. The van der Waals surface area contributed by atoms with Crippen molar-refractivity contribution >= 4 is 28.6 Å². The summed E-state index contributed by atoms with van der Waals surface area (Å²) in [5.74, 6) is -0.0925. The van der Waals surface area contributed by atoms with Gasteiger partial charge in [0, 0.05) is 41.0 Å². The minimum Gasteiger partial charge on any atom is -0.372 e. The Labute approximate surface area is 203 Å². The van der Waals surface area contributed by atoms with E-state index in [-0.39, 0.29) is 22.7 Å². The van der Waals surface area contributed by atoms with Crippen LogP contribution < -0.4 is 10.6 Å². The number of fused-ring (bicyclic) bond motifs is 1. The molecule has 2 aliphatic rings. The van der Waals surface area contributed by atoms with Crippen LogP contribution in [0.5, 0.6) is 0 Å². The minimum absolute atomic E-state index is 0.00106. The van der Waals surface area contributed by atoms with Crippen molar-refractivity contribution in [1.82, 2.24) is 0 Å². The molecule has 1 aliphatic heterocycles. The molecule has 1 unspecified atom stereocenters. The molecule has 1 heterocycles. The lowest BCUT2D eigenvalue weighted by Gasteiger charge is -2.34. The topological polar surface area (TPSA) is 101 Å². The maximum absolute atomic E-state index is 13.4. The van der Waals surface area contributed by atoms with Gasteiger partial charge in [0.25, 0.3) is 5.69 Å². The van der Waals surface area contributed by atoms with Crippen molar-refractivity contribution in [2.24, 2.45) is 5.41 Å². The van der Waals surface area contributed by atoms with Gasteiger partial charge in [-0.25, -0.2) is 0 Å². The molecule has 0 bridgehead atoms. The van der Waals surface area contributed by atoms with E-state index < -0.39 is 11.0 Å².